The fourth-order valence-electron chi connectivity index (χ4n) is 2.22. The van der Waals surface area contributed by atoms with Crippen molar-refractivity contribution in [3.8, 4) is 11.5 Å². The summed E-state index contributed by atoms with van der Waals surface area (Å²) in [5, 5.41) is 13.6. The third-order valence-electron chi connectivity index (χ3n) is 3.80. The van der Waals surface area contributed by atoms with Crippen molar-refractivity contribution in [2.24, 2.45) is 5.10 Å². The normalized spacial score (nSPS) is 12.1. The van der Waals surface area contributed by atoms with Crippen molar-refractivity contribution in [3.63, 3.8) is 0 Å². The first-order valence-corrected chi connectivity index (χ1v) is 8.82. The van der Waals surface area contributed by atoms with E-state index in [1.807, 2.05) is 24.3 Å². The second-order valence-electron chi connectivity index (χ2n) is 5.63. The molecule has 1 atom stereocenters. The lowest BCUT2D eigenvalue weighted by atomic mass is 9.98. The average Bonchev–Trinajstić information content (AvgIpc) is 2.62. The number of phenolic OH excluding ortho intramolecular Hbond substituents is 1. The molecule has 132 valence electrons. The summed E-state index contributed by atoms with van der Waals surface area (Å²) in [6.45, 7) is 4.10. The molecule has 0 aromatic heterocycles. The van der Waals surface area contributed by atoms with Gasteiger partial charge in [0.2, 0.25) is 0 Å². The summed E-state index contributed by atoms with van der Waals surface area (Å²) < 4.78 is 6.43. The van der Waals surface area contributed by atoms with Gasteiger partial charge in [-0.15, -0.1) is 0 Å². The minimum absolute atomic E-state index is 0.0833. The van der Waals surface area contributed by atoms with E-state index in [0.29, 0.717) is 17.2 Å². The van der Waals surface area contributed by atoms with Gasteiger partial charge in [-0.3, -0.25) is 4.79 Å². The summed E-state index contributed by atoms with van der Waals surface area (Å²) in [6, 6.07) is 12.7. The zero-order valence-electron chi connectivity index (χ0n) is 14.2. The quantitative estimate of drug-likeness (QED) is 0.536. The first-order chi connectivity index (χ1) is 12.0. The molecule has 5 nitrogen and oxygen atoms in total. The number of ether oxygens (including phenoxy) is 1. The van der Waals surface area contributed by atoms with Crippen LogP contribution in [0.1, 0.15) is 37.3 Å². The molecule has 1 amide bonds. The molecule has 2 rings (SSSR count). The number of hydrazone groups is 1. The van der Waals surface area contributed by atoms with Crippen molar-refractivity contribution < 1.29 is 14.6 Å². The van der Waals surface area contributed by atoms with Crippen LogP contribution in [0.2, 0.25) is 0 Å². The van der Waals surface area contributed by atoms with Gasteiger partial charge in [-0.05, 0) is 42.2 Å². The average molecular weight is 405 g/mol. The molecular weight excluding hydrogens is 384 g/mol. The first-order valence-electron chi connectivity index (χ1n) is 8.03. The van der Waals surface area contributed by atoms with E-state index >= 15 is 0 Å². The third-order valence-corrected chi connectivity index (χ3v) is 4.30. The van der Waals surface area contributed by atoms with E-state index in [4.69, 9.17) is 4.74 Å². The van der Waals surface area contributed by atoms with Gasteiger partial charge in [0, 0.05) is 10.0 Å². The number of amides is 1. The number of nitrogens with zero attached hydrogens (tertiary/aromatic N) is 1. The van der Waals surface area contributed by atoms with Crippen molar-refractivity contribution in [1.29, 1.82) is 0 Å². The summed E-state index contributed by atoms with van der Waals surface area (Å²) in [4.78, 5) is 11.9. The standard InChI is InChI=1S/C19H21BrN2O3/c1-3-13(2)16-6-4-5-7-18(16)25-12-19(24)22-21-11-14-10-15(20)8-9-17(14)23/h4-11,13,23H,3,12H2,1-2H3,(H,22,24). The Morgan fingerprint density at radius 1 is 1.36 bits per heavy atom. The summed E-state index contributed by atoms with van der Waals surface area (Å²) in [5.74, 6) is 0.780. The summed E-state index contributed by atoms with van der Waals surface area (Å²) in [5.41, 5.74) is 3.97. The maximum Gasteiger partial charge on any atom is 0.277 e. The van der Waals surface area contributed by atoms with E-state index in [1.165, 1.54) is 6.21 Å². The molecule has 2 aromatic carbocycles. The van der Waals surface area contributed by atoms with Crippen molar-refractivity contribution in [3.05, 3.63) is 58.1 Å². The molecule has 0 aliphatic carbocycles. The highest BCUT2D eigenvalue weighted by Gasteiger charge is 2.10. The number of nitrogens with one attached hydrogen (secondary N) is 1. The first kappa shape index (κ1) is 19.0. The molecule has 0 aliphatic rings. The minimum Gasteiger partial charge on any atom is -0.507 e. The predicted octanol–water partition coefficient (Wildman–Crippen LogP) is 4.20. The Labute approximate surface area is 155 Å². The van der Waals surface area contributed by atoms with Crippen LogP contribution in [0, 0.1) is 0 Å². The van der Waals surface area contributed by atoms with Crippen LogP contribution in [0.4, 0.5) is 0 Å². The molecule has 1 unspecified atom stereocenters. The van der Waals surface area contributed by atoms with Crippen LogP contribution in [-0.2, 0) is 4.79 Å². The number of hydrogen-bond acceptors (Lipinski definition) is 4. The molecule has 0 saturated heterocycles. The minimum atomic E-state index is -0.371. The smallest absolute Gasteiger partial charge is 0.277 e. The van der Waals surface area contributed by atoms with E-state index in [9.17, 15) is 9.90 Å². The number of carbonyl (C=O) groups excluding carboxylic acids is 1. The Morgan fingerprint density at radius 3 is 2.88 bits per heavy atom. The van der Waals surface area contributed by atoms with Crippen LogP contribution in [0.5, 0.6) is 11.5 Å². The molecule has 6 heteroatoms. The third kappa shape index (κ3) is 5.60. The molecule has 2 N–H and O–H groups in total. The Kier molecular flexibility index (Phi) is 7.01. The Morgan fingerprint density at radius 2 is 2.12 bits per heavy atom. The van der Waals surface area contributed by atoms with Gasteiger partial charge in [0.05, 0.1) is 6.21 Å². The number of halogens is 1. The Bertz CT molecular complexity index is 762. The van der Waals surface area contributed by atoms with Crippen LogP contribution in [0.15, 0.2) is 52.0 Å². The predicted molar refractivity (Wildman–Crippen MR) is 102 cm³/mol. The van der Waals surface area contributed by atoms with Gasteiger partial charge >= 0.3 is 0 Å². The SMILES string of the molecule is CCC(C)c1ccccc1OCC(=O)NN=Cc1cc(Br)ccc1O. The monoisotopic (exact) mass is 404 g/mol. The van der Waals surface area contributed by atoms with Gasteiger partial charge < -0.3 is 9.84 Å². The number of para-hydroxylation sites is 1. The van der Waals surface area contributed by atoms with Crippen LogP contribution >= 0.6 is 15.9 Å². The topological polar surface area (TPSA) is 70.9 Å². The van der Waals surface area contributed by atoms with Crippen LogP contribution in [-0.4, -0.2) is 23.8 Å². The molecule has 0 saturated carbocycles. The van der Waals surface area contributed by atoms with Crippen LogP contribution < -0.4 is 10.2 Å². The second kappa shape index (κ2) is 9.22. The summed E-state index contributed by atoms with van der Waals surface area (Å²) in [7, 11) is 0. The second-order valence-corrected chi connectivity index (χ2v) is 6.55. The molecule has 0 spiro atoms. The molecule has 0 bridgehead atoms. The van der Waals surface area contributed by atoms with Crippen molar-refractivity contribution in [2.45, 2.75) is 26.2 Å². The van der Waals surface area contributed by atoms with Crippen molar-refractivity contribution >= 4 is 28.1 Å². The van der Waals surface area contributed by atoms with E-state index in [2.05, 4.69) is 40.3 Å². The fourth-order valence-corrected chi connectivity index (χ4v) is 2.60. The van der Waals surface area contributed by atoms with E-state index in [1.54, 1.807) is 18.2 Å². The highest BCUT2D eigenvalue weighted by molar-refractivity contribution is 9.10. The van der Waals surface area contributed by atoms with Gasteiger partial charge in [-0.1, -0.05) is 48.0 Å². The van der Waals surface area contributed by atoms with Gasteiger partial charge in [-0.25, -0.2) is 5.43 Å². The Balaban J connectivity index is 1.91. The van der Waals surface area contributed by atoms with Gasteiger partial charge in [0.1, 0.15) is 11.5 Å². The largest absolute Gasteiger partial charge is 0.507 e. The van der Waals surface area contributed by atoms with Crippen LogP contribution in [0.25, 0.3) is 0 Å². The highest BCUT2D eigenvalue weighted by Crippen LogP contribution is 2.28. The van der Waals surface area contributed by atoms with E-state index in [-0.39, 0.29) is 18.3 Å². The summed E-state index contributed by atoms with van der Waals surface area (Å²) in [6.07, 6.45) is 2.37. The number of aromatic hydroxyl groups is 1. The van der Waals surface area contributed by atoms with Crippen molar-refractivity contribution in [2.75, 3.05) is 6.61 Å². The zero-order valence-corrected chi connectivity index (χ0v) is 15.8. The number of phenols is 1. The van der Waals surface area contributed by atoms with Gasteiger partial charge in [0.15, 0.2) is 6.61 Å². The molecule has 0 fully saturated rings. The number of carbonyl (C=O) groups is 1. The fraction of sp³-hybridized carbons (Fsp3) is 0.263. The molecule has 0 radical (unpaired) electrons. The lowest BCUT2D eigenvalue weighted by Gasteiger charge is -2.15. The maximum atomic E-state index is 11.9. The number of rotatable bonds is 7. The van der Waals surface area contributed by atoms with Gasteiger partial charge in [0.25, 0.3) is 5.91 Å². The molecule has 2 aromatic rings. The highest BCUT2D eigenvalue weighted by atomic mass is 79.9. The van der Waals surface area contributed by atoms with Crippen molar-refractivity contribution in [1.82, 2.24) is 5.43 Å². The van der Waals surface area contributed by atoms with E-state index in [0.717, 1.165) is 16.5 Å². The molecule has 25 heavy (non-hydrogen) atoms. The zero-order chi connectivity index (χ0) is 18.2. The molecular formula is C19H21BrN2O3. The van der Waals surface area contributed by atoms with Crippen LogP contribution in [0.3, 0.4) is 0 Å². The lowest BCUT2D eigenvalue weighted by Crippen LogP contribution is -2.25. The van der Waals surface area contributed by atoms with Gasteiger partial charge in [-0.2, -0.15) is 5.10 Å². The number of hydrogen-bond donors (Lipinski definition) is 2. The summed E-state index contributed by atoms with van der Waals surface area (Å²) >= 11 is 3.31. The molecule has 0 heterocycles. The molecule has 0 aliphatic heterocycles. The lowest BCUT2D eigenvalue weighted by molar-refractivity contribution is -0.123. The number of benzene rings is 2. The maximum absolute atomic E-state index is 11.9. The van der Waals surface area contributed by atoms with E-state index < -0.39 is 0 Å². The Hall–Kier alpha value is -2.34.